The quantitative estimate of drug-likeness (QED) is 0.850. The van der Waals surface area contributed by atoms with Gasteiger partial charge in [0.25, 0.3) is 0 Å². The molecule has 0 saturated heterocycles. The minimum Gasteiger partial charge on any atom is -0.475 e. The summed E-state index contributed by atoms with van der Waals surface area (Å²) in [6.45, 7) is 3.78. The average Bonchev–Trinajstić information content (AvgIpc) is 2.73. The monoisotopic (exact) mass is 357 g/mol. The topological polar surface area (TPSA) is 63.3 Å². The second-order valence-corrected chi connectivity index (χ2v) is 5.45. The molecule has 0 amide bonds. The van der Waals surface area contributed by atoms with E-state index >= 15 is 0 Å². The summed E-state index contributed by atoms with van der Waals surface area (Å²) in [6.07, 6.45) is 0. The molecular weight excluding hydrogens is 345 g/mol. The number of carboxylic acid groups (broad SMARTS) is 1. The zero-order valence-electron chi connectivity index (χ0n) is 9.98. The first-order chi connectivity index (χ1) is 8.49. The number of hydrogen-bond acceptors (Lipinski definition) is 3. The van der Waals surface area contributed by atoms with Gasteiger partial charge < -0.3 is 9.52 Å². The highest BCUT2D eigenvalue weighted by Crippen LogP contribution is 2.27. The third-order valence-corrected chi connectivity index (χ3v) is 3.14. The molecule has 1 N–H and O–H groups in total. The molecular formula is C13H12INO3. The van der Waals surface area contributed by atoms with Crippen LogP contribution in [0.4, 0.5) is 0 Å². The fourth-order valence-electron chi connectivity index (χ4n) is 1.62. The summed E-state index contributed by atoms with van der Waals surface area (Å²) >= 11 is 2.19. The van der Waals surface area contributed by atoms with Crippen molar-refractivity contribution in [3.8, 4) is 11.5 Å². The third kappa shape index (κ3) is 2.55. The Kier molecular flexibility index (Phi) is 3.70. The lowest BCUT2D eigenvalue weighted by Gasteiger charge is -1.98. The van der Waals surface area contributed by atoms with E-state index < -0.39 is 5.97 Å². The minimum atomic E-state index is -1.08. The average molecular weight is 357 g/mol. The van der Waals surface area contributed by atoms with Crippen LogP contribution in [-0.2, 0) is 0 Å². The van der Waals surface area contributed by atoms with Crippen LogP contribution in [0.25, 0.3) is 11.5 Å². The zero-order valence-corrected chi connectivity index (χ0v) is 12.1. The van der Waals surface area contributed by atoms with Crippen LogP contribution in [0.5, 0.6) is 0 Å². The van der Waals surface area contributed by atoms with Crippen molar-refractivity contribution in [2.45, 2.75) is 19.8 Å². The van der Waals surface area contributed by atoms with Crippen LogP contribution in [0, 0.1) is 3.57 Å². The van der Waals surface area contributed by atoms with E-state index in [0.29, 0.717) is 11.6 Å². The Hall–Kier alpha value is -1.37. The molecule has 94 valence electrons. The largest absolute Gasteiger partial charge is 0.475 e. The summed E-state index contributed by atoms with van der Waals surface area (Å²) in [4.78, 5) is 15.4. The SMILES string of the molecule is CC(C)c1nc(-c2cccc(I)c2)oc1C(=O)O. The van der Waals surface area contributed by atoms with E-state index in [9.17, 15) is 4.79 Å². The van der Waals surface area contributed by atoms with Crippen molar-refractivity contribution >= 4 is 28.6 Å². The van der Waals surface area contributed by atoms with Crippen molar-refractivity contribution in [2.75, 3.05) is 0 Å². The molecule has 1 heterocycles. The van der Waals surface area contributed by atoms with Gasteiger partial charge in [-0.25, -0.2) is 9.78 Å². The van der Waals surface area contributed by atoms with Gasteiger partial charge in [0.05, 0.1) is 5.69 Å². The van der Waals surface area contributed by atoms with E-state index in [-0.39, 0.29) is 11.7 Å². The van der Waals surface area contributed by atoms with Gasteiger partial charge in [-0.05, 0) is 46.7 Å². The van der Waals surface area contributed by atoms with Gasteiger partial charge in [0.2, 0.25) is 11.7 Å². The number of nitrogens with zero attached hydrogens (tertiary/aromatic N) is 1. The number of rotatable bonds is 3. The maximum atomic E-state index is 11.1. The highest BCUT2D eigenvalue weighted by Gasteiger charge is 2.22. The van der Waals surface area contributed by atoms with Gasteiger partial charge in [0.1, 0.15) is 0 Å². The Morgan fingerprint density at radius 1 is 1.44 bits per heavy atom. The number of aromatic carboxylic acids is 1. The molecule has 0 radical (unpaired) electrons. The molecule has 4 nitrogen and oxygen atoms in total. The Balaban J connectivity index is 2.53. The molecule has 5 heteroatoms. The van der Waals surface area contributed by atoms with Crippen molar-refractivity contribution in [1.82, 2.24) is 4.98 Å². The molecule has 0 unspecified atom stereocenters. The second-order valence-electron chi connectivity index (χ2n) is 4.20. The maximum Gasteiger partial charge on any atom is 0.373 e. The molecule has 0 aliphatic carbocycles. The van der Waals surface area contributed by atoms with Crippen LogP contribution in [0.2, 0.25) is 0 Å². The lowest BCUT2D eigenvalue weighted by molar-refractivity contribution is 0.0661. The normalized spacial score (nSPS) is 10.9. The van der Waals surface area contributed by atoms with Gasteiger partial charge in [-0.15, -0.1) is 0 Å². The number of hydrogen-bond donors (Lipinski definition) is 1. The first-order valence-electron chi connectivity index (χ1n) is 5.49. The van der Waals surface area contributed by atoms with Crippen LogP contribution in [0.3, 0.4) is 0 Å². The molecule has 0 saturated carbocycles. The first-order valence-corrected chi connectivity index (χ1v) is 6.57. The van der Waals surface area contributed by atoms with E-state index in [1.165, 1.54) is 0 Å². The predicted octanol–water partition coefficient (Wildman–Crippen LogP) is 3.77. The number of oxazole rings is 1. The molecule has 0 bridgehead atoms. The molecule has 0 aliphatic rings. The minimum absolute atomic E-state index is 0.0105. The summed E-state index contributed by atoms with van der Waals surface area (Å²) in [5.74, 6) is -0.784. The molecule has 0 fully saturated rings. The summed E-state index contributed by atoms with van der Waals surface area (Å²) in [6, 6.07) is 7.59. The molecule has 2 rings (SSSR count). The van der Waals surface area contributed by atoms with Crippen LogP contribution in [-0.4, -0.2) is 16.1 Å². The lowest BCUT2D eigenvalue weighted by atomic mass is 10.1. The zero-order chi connectivity index (χ0) is 13.3. The van der Waals surface area contributed by atoms with E-state index in [2.05, 4.69) is 27.6 Å². The summed E-state index contributed by atoms with van der Waals surface area (Å²) in [5, 5.41) is 9.09. The highest BCUT2D eigenvalue weighted by atomic mass is 127. The summed E-state index contributed by atoms with van der Waals surface area (Å²) < 4.78 is 6.41. The first kappa shape index (κ1) is 13.1. The predicted molar refractivity (Wildman–Crippen MR) is 75.7 cm³/mol. The van der Waals surface area contributed by atoms with Gasteiger partial charge in [0, 0.05) is 9.13 Å². The Bertz CT molecular complexity index is 590. The number of aromatic nitrogens is 1. The van der Waals surface area contributed by atoms with Crippen LogP contribution >= 0.6 is 22.6 Å². The highest BCUT2D eigenvalue weighted by molar-refractivity contribution is 14.1. The van der Waals surface area contributed by atoms with Gasteiger partial charge in [-0.1, -0.05) is 19.9 Å². The molecule has 1 aromatic heterocycles. The second kappa shape index (κ2) is 5.09. The molecule has 0 atom stereocenters. The molecule has 18 heavy (non-hydrogen) atoms. The van der Waals surface area contributed by atoms with Gasteiger partial charge in [-0.3, -0.25) is 0 Å². The van der Waals surface area contributed by atoms with Crippen LogP contribution in [0.15, 0.2) is 28.7 Å². The van der Waals surface area contributed by atoms with Crippen molar-refractivity contribution in [3.05, 3.63) is 39.3 Å². The van der Waals surface area contributed by atoms with E-state index in [1.807, 2.05) is 38.1 Å². The Morgan fingerprint density at radius 2 is 2.17 bits per heavy atom. The Morgan fingerprint density at radius 3 is 2.67 bits per heavy atom. The molecule has 0 aliphatic heterocycles. The van der Waals surface area contributed by atoms with E-state index in [0.717, 1.165) is 9.13 Å². The van der Waals surface area contributed by atoms with Crippen molar-refractivity contribution in [3.63, 3.8) is 0 Å². The van der Waals surface area contributed by atoms with E-state index in [1.54, 1.807) is 0 Å². The fourth-order valence-corrected chi connectivity index (χ4v) is 2.16. The number of halogens is 1. The number of carbonyl (C=O) groups is 1. The van der Waals surface area contributed by atoms with Gasteiger partial charge >= 0.3 is 5.97 Å². The summed E-state index contributed by atoms with van der Waals surface area (Å²) in [5.41, 5.74) is 1.27. The van der Waals surface area contributed by atoms with Crippen LogP contribution in [0.1, 0.15) is 36.0 Å². The van der Waals surface area contributed by atoms with Crippen molar-refractivity contribution < 1.29 is 14.3 Å². The van der Waals surface area contributed by atoms with Crippen molar-refractivity contribution in [2.24, 2.45) is 0 Å². The third-order valence-electron chi connectivity index (χ3n) is 2.47. The van der Waals surface area contributed by atoms with E-state index in [4.69, 9.17) is 9.52 Å². The maximum absolute atomic E-state index is 11.1. The molecule has 0 spiro atoms. The Labute approximate surface area is 118 Å². The molecule has 1 aromatic carbocycles. The number of benzene rings is 1. The van der Waals surface area contributed by atoms with Gasteiger partial charge in [-0.2, -0.15) is 0 Å². The number of carboxylic acids is 1. The summed E-state index contributed by atoms with van der Waals surface area (Å²) in [7, 11) is 0. The standard InChI is InChI=1S/C13H12INO3/c1-7(2)10-11(13(16)17)18-12(15-10)8-4-3-5-9(14)6-8/h3-7H,1-2H3,(H,16,17). The molecule has 2 aromatic rings. The lowest BCUT2D eigenvalue weighted by Crippen LogP contribution is -2.01. The fraction of sp³-hybridized carbons (Fsp3) is 0.231. The van der Waals surface area contributed by atoms with Gasteiger partial charge in [0.15, 0.2) is 0 Å². The smallest absolute Gasteiger partial charge is 0.373 e. The van der Waals surface area contributed by atoms with Crippen LogP contribution < -0.4 is 0 Å². The van der Waals surface area contributed by atoms with Crippen molar-refractivity contribution in [1.29, 1.82) is 0 Å².